The molecule has 4 heterocycles. The number of benzene rings is 2. The van der Waals surface area contributed by atoms with Crippen LogP contribution in [0.4, 0.5) is 30.9 Å². The minimum absolute atomic E-state index is 0.0362. The number of ether oxygens (including phenoxy) is 2. The average Bonchev–Trinajstić information content (AvgIpc) is 2.92. The number of methoxy groups -OCH3 is 2. The second kappa shape index (κ2) is 10.6. The van der Waals surface area contributed by atoms with Gasteiger partial charge in [-0.25, -0.2) is 4.58 Å². The van der Waals surface area contributed by atoms with Crippen molar-refractivity contribution in [2.45, 2.75) is 64.6 Å². The summed E-state index contributed by atoms with van der Waals surface area (Å²) in [7, 11) is -7.15. The molecule has 0 radical (unpaired) electrons. The number of anilines is 1. The van der Waals surface area contributed by atoms with Crippen molar-refractivity contribution < 1.29 is 44.9 Å². The van der Waals surface area contributed by atoms with Crippen molar-refractivity contribution in [3.05, 3.63) is 49.5 Å². The molecule has 0 unspecified atom stereocenters. The molecular formula is C29H37F6N2O4P. The molecule has 0 aliphatic carbocycles. The van der Waals surface area contributed by atoms with Gasteiger partial charge in [-0.2, -0.15) is 0 Å². The molecule has 4 aliphatic heterocycles. The van der Waals surface area contributed by atoms with E-state index in [0.29, 0.717) is 0 Å². The molecule has 6 rings (SSSR count). The third-order valence-electron chi connectivity index (χ3n) is 8.62. The average molecular weight is 623 g/mol. The molecule has 0 spiro atoms. The van der Waals surface area contributed by atoms with Gasteiger partial charge in [-0.3, -0.25) is 0 Å². The van der Waals surface area contributed by atoms with Crippen molar-refractivity contribution in [1.82, 2.24) is 4.58 Å². The van der Waals surface area contributed by atoms with Gasteiger partial charge in [-0.1, -0.05) is 0 Å². The molecule has 42 heavy (non-hydrogen) atoms. The zero-order valence-electron chi connectivity index (χ0n) is 23.8. The molecule has 13 heteroatoms. The van der Waals surface area contributed by atoms with Crippen molar-refractivity contribution >= 4 is 19.6 Å². The summed E-state index contributed by atoms with van der Waals surface area (Å²) in [4.78, 5) is 2.47. The molecule has 2 aromatic carbocycles. The second-order valence-corrected chi connectivity index (χ2v) is 13.2. The molecular weight excluding hydrogens is 585 g/mol. The predicted molar refractivity (Wildman–Crippen MR) is 151 cm³/mol. The first-order valence-electron chi connectivity index (χ1n) is 14.3. The fourth-order valence-corrected chi connectivity index (χ4v) is 7.30. The summed E-state index contributed by atoms with van der Waals surface area (Å²) in [5.74, 6) is 1.76. The van der Waals surface area contributed by atoms with Crippen molar-refractivity contribution in [2.75, 3.05) is 45.3 Å². The topological polar surface area (TPSA) is 65.2 Å². The first kappa shape index (κ1) is 30.9. The zero-order valence-corrected chi connectivity index (χ0v) is 24.7. The Morgan fingerprint density at radius 1 is 0.738 bits per heavy atom. The van der Waals surface area contributed by atoms with Crippen LogP contribution in [0.1, 0.15) is 64.6 Å². The molecule has 2 aromatic rings. The van der Waals surface area contributed by atoms with Gasteiger partial charge in [0.15, 0.2) is 0 Å². The first-order valence-corrected chi connectivity index (χ1v) is 16.3. The Morgan fingerprint density at radius 3 is 1.57 bits per heavy atom. The van der Waals surface area contributed by atoms with E-state index in [4.69, 9.17) is 9.47 Å². The molecule has 4 aliphatic rings. The van der Waals surface area contributed by atoms with Crippen molar-refractivity contribution in [3.63, 3.8) is 0 Å². The molecule has 0 saturated carbocycles. The maximum absolute atomic E-state index is 10.7. The standard InChI is InChI=1S/C29H37N2O4.F6P/c1-34-28-20-9-5-13-31-14-6-10-21(27(20)31)29(35-2)23(28)15-22-24(16-32)18-7-3-11-30-12-4-8-19(26(18)30)25(22)17-33;1-7(2,3,4,5)6/h15,32-33H,3-14,16-17H2,1-2H3;/q+1;-1. The van der Waals surface area contributed by atoms with Crippen molar-refractivity contribution in [1.29, 1.82) is 0 Å². The van der Waals surface area contributed by atoms with Gasteiger partial charge >= 0.3 is 33.0 Å². The summed E-state index contributed by atoms with van der Waals surface area (Å²) < 4.78 is 73.9. The van der Waals surface area contributed by atoms with Crippen LogP contribution in [0.3, 0.4) is 0 Å². The number of halogens is 6. The second-order valence-electron chi connectivity index (χ2n) is 11.3. The molecule has 2 N–H and O–H groups in total. The van der Waals surface area contributed by atoms with Crippen LogP contribution in [-0.4, -0.2) is 50.6 Å². The molecule has 234 valence electrons. The van der Waals surface area contributed by atoms with E-state index >= 15 is 0 Å². The van der Waals surface area contributed by atoms with Crippen molar-refractivity contribution in [2.24, 2.45) is 0 Å². The fourth-order valence-electron chi connectivity index (χ4n) is 7.30. The van der Waals surface area contributed by atoms with Crippen LogP contribution in [0, 0.1) is 0 Å². The van der Waals surface area contributed by atoms with E-state index in [1.54, 1.807) is 14.2 Å². The van der Waals surface area contributed by atoms with Crippen LogP contribution in [0.15, 0.2) is 0 Å². The van der Waals surface area contributed by atoms with Crippen LogP contribution >= 0.6 is 7.81 Å². The van der Waals surface area contributed by atoms with Gasteiger partial charge in [0.25, 0.3) is 0 Å². The third kappa shape index (κ3) is 6.21. The van der Waals surface area contributed by atoms with E-state index in [0.717, 1.165) is 111 Å². The first-order chi connectivity index (χ1) is 19.7. The summed E-state index contributed by atoms with van der Waals surface area (Å²) in [5.41, 5.74) is 9.24. The van der Waals surface area contributed by atoms with Crippen LogP contribution in [0.2, 0.25) is 0 Å². The Labute approximate surface area is 240 Å². The summed E-state index contributed by atoms with van der Waals surface area (Å²) in [6.45, 7) is 4.22. The number of rotatable bonds is 5. The van der Waals surface area contributed by atoms with E-state index in [-0.39, 0.29) is 13.2 Å². The molecule has 6 nitrogen and oxygen atoms in total. The van der Waals surface area contributed by atoms with Gasteiger partial charge in [0.2, 0.25) is 5.36 Å². The normalized spacial score (nSPS) is 19.0. The Balaban J connectivity index is 0.000000451. The van der Waals surface area contributed by atoms with Gasteiger partial charge in [0.1, 0.15) is 24.6 Å². The predicted octanol–water partition coefficient (Wildman–Crippen LogP) is 4.98. The number of nitrogens with zero attached hydrogens (tertiary/aromatic N) is 2. The van der Waals surface area contributed by atoms with Crippen LogP contribution in [0.5, 0.6) is 11.5 Å². The quantitative estimate of drug-likeness (QED) is 0.280. The Morgan fingerprint density at radius 2 is 1.17 bits per heavy atom. The minimum atomic E-state index is -10.7. The number of hydrogen-bond acceptors (Lipinski definition) is 5. The number of hydrogen-bond donors (Lipinski definition) is 2. The van der Waals surface area contributed by atoms with Crippen LogP contribution < -0.4 is 29.5 Å². The molecule has 0 saturated heterocycles. The van der Waals surface area contributed by atoms with Crippen LogP contribution in [-0.2, 0) is 38.9 Å². The van der Waals surface area contributed by atoms with E-state index in [1.807, 2.05) is 0 Å². The van der Waals surface area contributed by atoms with Gasteiger partial charge < -0.3 is 24.6 Å². The van der Waals surface area contributed by atoms with E-state index in [9.17, 15) is 35.4 Å². The third-order valence-corrected chi connectivity index (χ3v) is 8.62. The molecule has 0 atom stereocenters. The molecule has 0 bridgehead atoms. The Bertz CT molecular complexity index is 1450. The number of aliphatic hydroxyl groups excluding tert-OH is 2. The number of aliphatic hydroxyl groups is 2. The van der Waals surface area contributed by atoms with E-state index in [1.165, 1.54) is 33.3 Å². The Hall–Kier alpha value is -2.56. The zero-order chi connectivity index (χ0) is 30.5. The van der Waals surface area contributed by atoms with Crippen LogP contribution in [0.25, 0.3) is 6.08 Å². The molecule has 0 amide bonds. The van der Waals surface area contributed by atoms with E-state index in [2.05, 4.69) is 15.6 Å². The Kier molecular flexibility index (Phi) is 7.76. The van der Waals surface area contributed by atoms with Crippen molar-refractivity contribution in [3.8, 4) is 11.5 Å². The monoisotopic (exact) mass is 622 g/mol. The van der Waals surface area contributed by atoms with Gasteiger partial charge in [-0.15, -0.1) is 0 Å². The maximum atomic E-state index is 10.6. The van der Waals surface area contributed by atoms with Gasteiger partial charge in [0.05, 0.1) is 43.8 Å². The molecule has 0 aromatic heterocycles. The summed E-state index contributed by atoms with van der Waals surface area (Å²) in [6, 6.07) is 0. The summed E-state index contributed by atoms with van der Waals surface area (Å²) >= 11 is 0. The SMILES string of the molecule is COc1c2c3c(c(OC)c1=Cc1c(CO)c4c5c(c1CO)CCCN5CCC4)CCC[N+]=3CCC2.F[P-](F)(F)(F)(F)F. The fraction of sp³-hybridized carbons (Fsp3) is 0.552. The summed E-state index contributed by atoms with van der Waals surface area (Å²) in [5, 5.41) is 23.5. The molecule has 0 fully saturated rings. The van der Waals surface area contributed by atoms with E-state index < -0.39 is 7.81 Å². The van der Waals surface area contributed by atoms with Gasteiger partial charge in [0, 0.05) is 31.6 Å². The van der Waals surface area contributed by atoms with Gasteiger partial charge in [-0.05, 0) is 72.4 Å². The summed E-state index contributed by atoms with van der Waals surface area (Å²) in [6.07, 6.45) is 10.5.